The zero-order valence-corrected chi connectivity index (χ0v) is 10.0. The predicted molar refractivity (Wildman–Crippen MR) is 68.4 cm³/mol. The second-order valence-corrected chi connectivity index (χ2v) is 4.03. The molecule has 0 atom stereocenters. The number of hydrogen-bond donors (Lipinski definition) is 2. The van der Waals surface area contributed by atoms with Gasteiger partial charge in [-0.15, -0.1) is 0 Å². The van der Waals surface area contributed by atoms with Gasteiger partial charge < -0.3 is 11.1 Å². The molecule has 0 saturated heterocycles. The summed E-state index contributed by atoms with van der Waals surface area (Å²) < 4.78 is 0. The van der Waals surface area contributed by atoms with Gasteiger partial charge in [0.15, 0.2) is 0 Å². The lowest BCUT2D eigenvalue weighted by Gasteiger charge is -2.09. The van der Waals surface area contributed by atoms with Gasteiger partial charge in [-0.1, -0.05) is 25.8 Å². The second-order valence-electron chi connectivity index (χ2n) is 4.03. The smallest absolute Gasteiger partial charge is 0.224 e. The summed E-state index contributed by atoms with van der Waals surface area (Å²) in [6, 6.07) is 5.56. The Morgan fingerprint density at radius 2 is 2.12 bits per heavy atom. The number of carbonyl (C=O) groups excluding carboxylic acids is 1. The van der Waals surface area contributed by atoms with Gasteiger partial charge in [-0.3, -0.25) is 4.79 Å². The van der Waals surface area contributed by atoms with Crippen LogP contribution in [0.3, 0.4) is 0 Å². The minimum absolute atomic E-state index is 0.0714. The van der Waals surface area contributed by atoms with Crippen LogP contribution in [0.5, 0.6) is 0 Å². The van der Waals surface area contributed by atoms with Gasteiger partial charge in [0.25, 0.3) is 0 Å². The standard InChI is InChI=1S/C13H20N2O/c1-3-4-5-9-13(16)15-12-8-6-7-11(14)10(12)2/h6-8H,3-5,9,14H2,1-2H3,(H,15,16). The van der Waals surface area contributed by atoms with Crippen LogP contribution in [0.2, 0.25) is 0 Å². The molecule has 1 aromatic carbocycles. The van der Waals surface area contributed by atoms with Crippen molar-refractivity contribution >= 4 is 17.3 Å². The number of carbonyl (C=O) groups is 1. The number of hydrogen-bond acceptors (Lipinski definition) is 2. The van der Waals surface area contributed by atoms with Gasteiger partial charge in [0.05, 0.1) is 0 Å². The van der Waals surface area contributed by atoms with Crippen LogP contribution in [-0.2, 0) is 4.79 Å². The monoisotopic (exact) mass is 220 g/mol. The van der Waals surface area contributed by atoms with Gasteiger partial charge in [0, 0.05) is 17.8 Å². The lowest BCUT2D eigenvalue weighted by atomic mass is 10.1. The van der Waals surface area contributed by atoms with E-state index < -0.39 is 0 Å². The molecule has 0 aromatic heterocycles. The van der Waals surface area contributed by atoms with Crippen molar-refractivity contribution in [3.63, 3.8) is 0 Å². The van der Waals surface area contributed by atoms with Crippen molar-refractivity contribution in [3.05, 3.63) is 23.8 Å². The van der Waals surface area contributed by atoms with Crippen LogP contribution >= 0.6 is 0 Å². The van der Waals surface area contributed by atoms with Crippen LogP contribution < -0.4 is 11.1 Å². The van der Waals surface area contributed by atoms with Gasteiger partial charge in [-0.25, -0.2) is 0 Å². The summed E-state index contributed by atoms with van der Waals surface area (Å²) in [6.45, 7) is 4.04. The summed E-state index contributed by atoms with van der Waals surface area (Å²) in [7, 11) is 0. The molecule has 0 spiro atoms. The summed E-state index contributed by atoms with van der Waals surface area (Å²) in [5.41, 5.74) is 8.24. The zero-order valence-electron chi connectivity index (χ0n) is 10.0. The third kappa shape index (κ3) is 3.57. The van der Waals surface area contributed by atoms with E-state index >= 15 is 0 Å². The van der Waals surface area contributed by atoms with Crippen LogP contribution in [-0.4, -0.2) is 5.91 Å². The molecule has 0 saturated carbocycles. The van der Waals surface area contributed by atoms with Gasteiger partial charge in [0.1, 0.15) is 0 Å². The summed E-state index contributed by atoms with van der Waals surface area (Å²) in [5, 5.41) is 2.89. The number of benzene rings is 1. The molecule has 0 unspecified atom stereocenters. The molecular weight excluding hydrogens is 200 g/mol. The number of nitrogens with one attached hydrogen (secondary N) is 1. The van der Waals surface area contributed by atoms with Crippen LogP contribution in [0.15, 0.2) is 18.2 Å². The van der Waals surface area contributed by atoms with E-state index in [1.807, 2.05) is 25.1 Å². The average Bonchev–Trinajstić information content (AvgIpc) is 2.25. The summed E-state index contributed by atoms with van der Waals surface area (Å²) in [6.07, 6.45) is 3.76. The van der Waals surface area contributed by atoms with Crippen molar-refractivity contribution in [2.45, 2.75) is 39.5 Å². The third-order valence-corrected chi connectivity index (χ3v) is 2.66. The largest absolute Gasteiger partial charge is 0.398 e. The molecule has 0 fully saturated rings. The molecule has 3 heteroatoms. The Labute approximate surface area is 97.0 Å². The highest BCUT2D eigenvalue weighted by Gasteiger charge is 2.05. The van der Waals surface area contributed by atoms with E-state index in [1.165, 1.54) is 0 Å². The highest BCUT2D eigenvalue weighted by atomic mass is 16.1. The Morgan fingerprint density at radius 1 is 1.38 bits per heavy atom. The van der Waals surface area contributed by atoms with Crippen LogP contribution in [0.4, 0.5) is 11.4 Å². The van der Waals surface area contributed by atoms with E-state index in [4.69, 9.17) is 5.73 Å². The summed E-state index contributed by atoms with van der Waals surface area (Å²) in [4.78, 5) is 11.6. The van der Waals surface area contributed by atoms with Crippen molar-refractivity contribution in [2.24, 2.45) is 0 Å². The molecule has 1 rings (SSSR count). The normalized spacial score (nSPS) is 10.1. The first-order valence-corrected chi connectivity index (χ1v) is 5.80. The maximum atomic E-state index is 11.6. The number of rotatable bonds is 5. The lowest BCUT2D eigenvalue weighted by molar-refractivity contribution is -0.116. The molecule has 0 heterocycles. The molecule has 0 radical (unpaired) electrons. The maximum Gasteiger partial charge on any atom is 0.224 e. The van der Waals surface area contributed by atoms with Crippen LogP contribution in [0.25, 0.3) is 0 Å². The van der Waals surface area contributed by atoms with Crippen LogP contribution in [0.1, 0.15) is 38.2 Å². The summed E-state index contributed by atoms with van der Waals surface area (Å²) >= 11 is 0. The van der Waals surface area contributed by atoms with E-state index in [-0.39, 0.29) is 5.91 Å². The van der Waals surface area contributed by atoms with Crippen molar-refractivity contribution in [1.82, 2.24) is 0 Å². The van der Waals surface area contributed by atoms with Crippen LogP contribution in [0, 0.1) is 6.92 Å². The number of nitrogen functional groups attached to an aromatic ring is 1. The van der Waals surface area contributed by atoms with Gasteiger partial charge in [-0.2, -0.15) is 0 Å². The first kappa shape index (κ1) is 12.6. The van der Waals surface area contributed by atoms with Gasteiger partial charge in [-0.05, 0) is 31.0 Å². The Bertz CT molecular complexity index is 361. The fraction of sp³-hybridized carbons (Fsp3) is 0.462. The topological polar surface area (TPSA) is 55.1 Å². The molecule has 1 amide bonds. The number of unbranched alkanes of at least 4 members (excludes halogenated alkanes) is 2. The minimum Gasteiger partial charge on any atom is -0.398 e. The second kappa shape index (κ2) is 6.16. The molecule has 0 bridgehead atoms. The summed E-state index contributed by atoms with van der Waals surface area (Å²) in [5.74, 6) is 0.0714. The Balaban J connectivity index is 2.53. The lowest BCUT2D eigenvalue weighted by Crippen LogP contribution is -2.12. The molecule has 0 aliphatic rings. The molecule has 88 valence electrons. The number of nitrogens with two attached hydrogens (primary N) is 1. The molecule has 1 aromatic rings. The van der Waals surface area contributed by atoms with Crippen molar-refractivity contribution < 1.29 is 4.79 Å². The van der Waals surface area contributed by atoms with E-state index in [9.17, 15) is 4.79 Å². The maximum absolute atomic E-state index is 11.6. The van der Waals surface area contributed by atoms with Gasteiger partial charge in [0.2, 0.25) is 5.91 Å². The van der Waals surface area contributed by atoms with E-state index in [2.05, 4.69) is 12.2 Å². The number of anilines is 2. The van der Waals surface area contributed by atoms with E-state index in [0.717, 1.165) is 30.5 Å². The first-order chi connectivity index (χ1) is 7.65. The predicted octanol–water partition coefficient (Wildman–Crippen LogP) is 3.10. The molecule has 16 heavy (non-hydrogen) atoms. The quantitative estimate of drug-likeness (QED) is 0.591. The zero-order chi connectivity index (χ0) is 12.0. The Hall–Kier alpha value is -1.51. The fourth-order valence-electron chi connectivity index (χ4n) is 1.54. The first-order valence-electron chi connectivity index (χ1n) is 5.80. The highest BCUT2D eigenvalue weighted by molar-refractivity contribution is 5.92. The SMILES string of the molecule is CCCCCC(=O)Nc1cccc(N)c1C. The van der Waals surface area contributed by atoms with Crippen molar-refractivity contribution in [3.8, 4) is 0 Å². The molecule has 0 aliphatic heterocycles. The van der Waals surface area contributed by atoms with E-state index in [1.54, 1.807) is 0 Å². The molecule has 0 aliphatic carbocycles. The highest BCUT2D eigenvalue weighted by Crippen LogP contribution is 2.20. The third-order valence-electron chi connectivity index (χ3n) is 2.66. The number of amides is 1. The fourth-order valence-corrected chi connectivity index (χ4v) is 1.54. The average molecular weight is 220 g/mol. The minimum atomic E-state index is 0.0714. The van der Waals surface area contributed by atoms with Crippen molar-refractivity contribution in [1.29, 1.82) is 0 Å². The molecule has 3 nitrogen and oxygen atoms in total. The molecule has 3 N–H and O–H groups in total. The molecular formula is C13H20N2O. The van der Waals surface area contributed by atoms with Crippen molar-refractivity contribution in [2.75, 3.05) is 11.1 Å². The Kier molecular flexibility index (Phi) is 4.83. The Morgan fingerprint density at radius 3 is 2.81 bits per heavy atom. The van der Waals surface area contributed by atoms with Gasteiger partial charge >= 0.3 is 0 Å². The van der Waals surface area contributed by atoms with E-state index in [0.29, 0.717) is 12.1 Å².